The molecule has 0 aromatic heterocycles. The average molecular weight is 254 g/mol. The Kier molecular flexibility index (Phi) is 4.17. The summed E-state index contributed by atoms with van der Waals surface area (Å²) in [6.07, 6.45) is 1.40. The van der Waals surface area contributed by atoms with Crippen LogP contribution in [0.3, 0.4) is 0 Å². The first-order chi connectivity index (χ1) is 7.89. The lowest BCUT2D eigenvalue weighted by atomic mass is 10.3. The van der Waals surface area contributed by atoms with Crippen LogP contribution in [0.5, 0.6) is 0 Å². The summed E-state index contributed by atoms with van der Waals surface area (Å²) in [6, 6.07) is 5.65. The van der Waals surface area contributed by atoms with E-state index in [4.69, 9.17) is 0 Å². The number of rotatable bonds is 4. The molecule has 0 aliphatic carbocycles. The van der Waals surface area contributed by atoms with Crippen molar-refractivity contribution < 1.29 is 13.2 Å². The van der Waals surface area contributed by atoms with E-state index < -0.39 is 10.0 Å². The van der Waals surface area contributed by atoms with Crippen LogP contribution < -0.4 is 0 Å². The highest BCUT2D eigenvalue weighted by atomic mass is 32.2. The Hall–Kier alpha value is -1.49. The van der Waals surface area contributed by atoms with Crippen molar-refractivity contribution in [1.29, 1.82) is 0 Å². The van der Waals surface area contributed by atoms with Crippen molar-refractivity contribution in [3.8, 4) is 0 Å². The summed E-state index contributed by atoms with van der Waals surface area (Å²) in [4.78, 5) is 13.6. The Morgan fingerprint density at radius 2 is 1.76 bits per heavy atom. The summed E-state index contributed by atoms with van der Waals surface area (Å²) >= 11 is 0. The van der Waals surface area contributed by atoms with Gasteiger partial charge in [0.2, 0.25) is 16.1 Å². The molecule has 0 aliphatic heterocycles. The molecule has 0 radical (unpaired) electrons. The molecule has 0 saturated carbocycles. The summed E-state index contributed by atoms with van der Waals surface area (Å²) < 4.78 is 25.4. The zero-order valence-electron chi connectivity index (χ0n) is 9.91. The monoisotopic (exact) mass is 254 g/mol. The van der Waals surface area contributed by atoms with Crippen LogP contribution in [0.4, 0.5) is 5.69 Å². The molecule has 92 valence electrons. The van der Waals surface area contributed by atoms with Crippen LogP contribution in [0.1, 0.15) is 13.8 Å². The Balaban J connectivity index is 3.13. The molecule has 5 nitrogen and oxygen atoms in total. The number of nitrogens with zero attached hydrogens (tertiary/aromatic N) is 2. The van der Waals surface area contributed by atoms with Gasteiger partial charge in [-0.1, -0.05) is 0 Å². The van der Waals surface area contributed by atoms with E-state index in [-0.39, 0.29) is 10.9 Å². The van der Waals surface area contributed by atoms with Crippen molar-refractivity contribution in [3.05, 3.63) is 24.3 Å². The number of isocyanates is 1. The highest BCUT2D eigenvalue weighted by Crippen LogP contribution is 2.19. The number of aliphatic imine (C=N–C) groups is 1. The van der Waals surface area contributed by atoms with Gasteiger partial charge < -0.3 is 0 Å². The van der Waals surface area contributed by atoms with Gasteiger partial charge in [0.25, 0.3) is 0 Å². The van der Waals surface area contributed by atoms with Gasteiger partial charge in [-0.25, -0.2) is 13.2 Å². The molecule has 0 spiro atoms. The minimum absolute atomic E-state index is 0.118. The summed E-state index contributed by atoms with van der Waals surface area (Å²) in [7, 11) is -1.95. The van der Waals surface area contributed by atoms with Gasteiger partial charge in [-0.3, -0.25) is 0 Å². The highest BCUT2D eigenvalue weighted by Gasteiger charge is 2.22. The van der Waals surface area contributed by atoms with Crippen molar-refractivity contribution >= 4 is 21.8 Å². The first kappa shape index (κ1) is 13.6. The molecule has 0 heterocycles. The second kappa shape index (κ2) is 5.23. The van der Waals surface area contributed by atoms with E-state index in [0.717, 1.165) is 0 Å². The number of hydrogen-bond donors (Lipinski definition) is 0. The maximum absolute atomic E-state index is 12.1. The Labute approximate surface area is 101 Å². The third-order valence-electron chi connectivity index (χ3n) is 2.42. The summed E-state index contributed by atoms with van der Waals surface area (Å²) in [5, 5.41) is 0. The topological polar surface area (TPSA) is 66.8 Å². The van der Waals surface area contributed by atoms with Gasteiger partial charge in [0.15, 0.2) is 0 Å². The first-order valence-electron chi connectivity index (χ1n) is 5.05. The zero-order valence-corrected chi connectivity index (χ0v) is 10.7. The fraction of sp³-hybridized carbons (Fsp3) is 0.364. The van der Waals surface area contributed by atoms with E-state index in [2.05, 4.69) is 4.99 Å². The van der Waals surface area contributed by atoms with Crippen LogP contribution in [0, 0.1) is 0 Å². The van der Waals surface area contributed by atoms with E-state index in [0.29, 0.717) is 5.69 Å². The standard InChI is InChI=1S/C11H14N2O3S/c1-9(2)13(3)17(15,16)11-6-4-10(5-7-11)12-8-14/h4-7,9H,1-3H3. The molecule has 0 saturated heterocycles. The fourth-order valence-corrected chi connectivity index (χ4v) is 2.56. The lowest BCUT2D eigenvalue weighted by Gasteiger charge is -2.20. The fourth-order valence-electron chi connectivity index (χ4n) is 1.19. The predicted octanol–water partition coefficient (Wildman–Crippen LogP) is 1.68. The van der Waals surface area contributed by atoms with Gasteiger partial charge in [0.1, 0.15) is 0 Å². The molecule has 1 aromatic carbocycles. The molecule has 1 aromatic rings. The second-order valence-electron chi connectivity index (χ2n) is 3.81. The van der Waals surface area contributed by atoms with Crippen LogP contribution >= 0.6 is 0 Å². The quantitative estimate of drug-likeness (QED) is 0.606. The van der Waals surface area contributed by atoms with E-state index in [1.807, 2.05) is 0 Å². The van der Waals surface area contributed by atoms with Crippen LogP contribution in [-0.4, -0.2) is 31.9 Å². The summed E-state index contributed by atoms with van der Waals surface area (Å²) in [5.74, 6) is 0. The molecule has 0 N–H and O–H groups in total. The van der Waals surface area contributed by atoms with Crippen LogP contribution in [0.2, 0.25) is 0 Å². The number of sulfonamides is 1. The summed E-state index contributed by atoms with van der Waals surface area (Å²) in [5.41, 5.74) is 0.381. The van der Waals surface area contributed by atoms with Crippen molar-refractivity contribution in [2.24, 2.45) is 4.99 Å². The number of benzene rings is 1. The Morgan fingerprint density at radius 3 is 2.18 bits per heavy atom. The molecule has 0 fully saturated rings. The molecule has 0 bridgehead atoms. The smallest absolute Gasteiger partial charge is 0.211 e. The molecular formula is C11H14N2O3S. The molecule has 6 heteroatoms. The van der Waals surface area contributed by atoms with Crippen LogP contribution in [0.25, 0.3) is 0 Å². The van der Waals surface area contributed by atoms with E-state index >= 15 is 0 Å². The zero-order chi connectivity index (χ0) is 13.1. The Bertz CT molecular complexity index is 528. The molecular weight excluding hydrogens is 240 g/mol. The Morgan fingerprint density at radius 1 is 1.24 bits per heavy atom. The first-order valence-corrected chi connectivity index (χ1v) is 6.49. The third-order valence-corrected chi connectivity index (χ3v) is 4.46. The van der Waals surface area contributed by atoms with Crippen molar-refractivity contribution in [2.75, 3.05) is 7.05 Å². The predicted molar refractivity (Wildman–Crippen MR) is 64.3 cm³/mol. The van der Waals surface area contributed by atoms with Gasteiger partial charge in [-0.2, -0.15) is 9.30 Å². The molecule has 0 atom stereocenters. The molecule has 0 amide bonds. The van der Waals surface area contributed by atoms with Gasteiger partial charge in [0.05, 0.1) is 10.6 Å². The molecule has 0 aliphatic rings. The average Bonchev–Trinajstić information content (AvgIpc) is 2.29. The number of hydrogen-bond acceptors (Lipinski definition) is 4. The van der Waals surface area contributed by atoms with Crippen LogP contribution in [0.15, 0.2) is 34.2 Å². The lowest BCUT2D eigenvalue weighted by molar-refractivity contribution is 0.410. The lowest BCUT2D eigenvalue weighted by Crippen LogP contribution is -2.32. The third kappa shape index (κ3) is 3.00. The largest absolute Gasteiger partial charge is 0.243 e. The van der Waals surface area contributed by atoms with Gasteiger partial charge in [-0.05, 0) is 38.1 Å². The second-order valence-corrected chi connectivity index (χ2v) is 5.81. The van der Waals surface area contributed by atoms with Gasteiger partial charge in [0, 0.05) is 13.1 Å². The highest BCUT2D eigenvalue weighted by molar-refractivity contribution is 7.89. The summed E-state index contributed by atoms with van der Waals surface area (Å²) in [6.45, 7) is 3.59. The van der Waals surface area contributed by atoms with Crippen LogP contribution in [-0.2, 0) is 14.8 Å². The van der Waals surface area contributed by atoms with Crippen molar-refractivity contribution in [3.63, 3.8) is 0 Å². The SMILES string of the molecule is CC(C)N(C)S(=O)(=O)c1ccc(N=C=O)cc1. The van der Waals surface area contributed by atoms with Gasteiger partial charge in [-0.15, -0.1) is 0 Å². The van der Waals surface area contributed by atoms with E-state index in [1.54, 1.807) is 13.8 Å². The molecule has 0 unspecified atom stereocenters. The normalized spacial score (nSPS) is 11.6. The number of carbonyl (C=O) groups excluding carboxylic acids is 1. The van der Waals surface area contributed by atoms with Crippen molar-refractivity contribution in [2.45, 2.75) is 24.8 Å². The van der Waals surface area contributed by atoms with Gasteiger partial charge >= 0.3 is 0 Å². The molecule has 17 heavy (non-hydrogen) atoms. The maximum Gasteiger partial charge on any atom is 0.243 e. The minimum Gasteiger partial charge on any atom is -0.211 e. The maximum atomic E-state index is 12.1. The van der Waals surface area contributed by atoms with E-state index in [1.165, 1.54) is 41.7 Å². The van der Waals surface area contributed by atoms with E-state index in [9.17, 15) is 13.2 Å². The van der Waals surface area contributed by atoms with Crippen molar-refractivity contribution in [1.82, 2.24) is 4.31 Å². The minimum atomic E-state index is -3.48. The molecule has 1 rings (SSSR count).